The van der Waals surface area contributed by atoms with Crippen molar-refractivity contribution in [2.45, 2.75) is 50.7 Å². The number of anilines is 1. The van der Waals surface area contributed by atoms with E-state index >= 15 is 0 Å². The Labute approximate surface area is 249 Å². The number of ether oxygens (including phenoxy) is 1. The summed E-state index contributed by atoms with van der Waals surface area (Å²) >= 11 is 9.65. The molecule has 3 aromatic carbocycles. The zero-order chi connectivity index (χ0) is 29.4. The van der Waals surface area contributed by atoms with Crippen LogP contribution in [0, 0.1) is 0 Å². The Kier molecular flexibility index (Phi) is 11.0. The first-order valence-corrected chi connectivity index (χ1v) is 15.3. The van der Waals surface area contributed by atoms with Gasteiger partial charge in [0.25, 0.3) is 10.0 Å². The summed E-state index contributed by atoms with van der Waals surface area (Å²) < 4.78 is 34.7. The zero-order valence-electron chi connectivity index (χ0n) is 22.8. The van der Waals surface area contributed by atoms with Gasteiger partial charge in [0.05, 0.1) is 17.7 Å². The Morgan fingerprint density at radius 2 is 1.70 bits per heavy atom. The zero-order valence-corrected chi connectivity index (χ0v) is 26.0. The first-order valence-electron chi connectivity index (χ1n) is 12.7. The second-order valence-corrected chi connectivity index (χ2v) is 12.5. The largest absolute Gasteiger partial charge is 0.497 e. The quantitative estimate of drug-likeness (QED) is 0.274. The average molecular weight is 651 g/mol. The van der Waals surface area contributed by atoms with E-state index in [4.69, 9.17) is 16.3 Å². The second-order valence-electron chi connectivity index (χ2n) is 9.31. The van der Waals surface area contributed by atoms with Crippen LogP contribution < -0.4 is 14.4 Å². The van der Waals surface area contributed by atoms with E-state index in [2.05, 4.69) is 21.2 Å². The molecule has 0 aliphatic heterocycles. The highest BCUT2D eigenvalue weighted by Gasteiger charge is 2.33. The van der Waals surface area contributed by atoms with Crippen LogP contribution in [0.4, 0.5) is 5.69 Å². The topological polar surface area (TPSA) is 96.0 Å². The van der Waals surface area contributed by atoms with E-state index in [1.807, 2.05) is 38.1 Å². The Balaban J connectivity index is 2.03. The summed E-state index contributed by atoms with van der Waals surface area (Å²) in [6, 6.07) is 18.6. The Morgan fingerprint density at radius 1 is 1.02 bits per heavy atom. The van der Waals surface area contributed by atoms with Gasteiger partial charge >= 0.3 is 0 Å². The molecule has 0 unspecified atom stereocenters. The predicted octanol–water partition coefficient (Wildman–Crippen LogP) is 5.64. The lowest BCUT2D eigenvalue weighted by Crippen LogP contribution is -2.52. The maximum Gasteiger partial charge on any atom is 0.264 e. The van der Waals surface area contributed by atoms with Crippen LogP contribution in [0.15, 0.2) is 82.2 Å². The number of sulfonamides is 1. The SMILES string of the molecule is CC[C@@H](C)NC(=O)[C@H](C)N(Cc1cccc(Br)c1)C(=O)CN(c1cccc(Cl)c1)S(=O)(=O)c1ccc(OC)cc1. The molecule has 11 heteroatoms. The molecule has 0 bridgehead atoms. The molecule has 214 valence electrons. The molecule has 2 amide bonds. The van der Waals surface area contributed by atoms with Crippen molar-refractivity contribution in [3.05, 3.63) is 87.9 Å². The minimum atomic E-state index is -4.21. The van der Waals surface area contributed by atoms with Gasteiger partial charge in [0.15, 0.2) is 0 Å². The van der Waals surface area contributed by atoms with Crippen molar-refractivity contribution in [3.8, 4) is 5.75 Å². The molecule has 0 saturated carbocycles. The molecule has 2 atom stereocenters. The minimum absolute atomic E-state index is 0.0258. The van der Waals surface area contributed by atoms with E-state index in [-0.39, 0.29) is 29.1 Å². The lowest BCUT2D eigenvalue weighted by molar-refractivity contribution is -0.139. The highest BCUT2D eigenvalue weighted by Crippen LogP contribution is 2.28. The number of benzene rings is 3. The van der Waals surface area contributed by atoms with Gasteiger partial charge in [-0.2, -0.15) is 0 Å². The maximum atomic E-state index is 14.0. The van der Waals surface area contributed by atoms with Gasteiger partial charge < -0.3 is 15.0 Å². The van der Waals surface area contributed by atoms with Crippen molar-refractivity contribution in [3.63, 3.8) is 0 Å². The van der Waals surface area contributed by atoms with Gasteiger partial charge in [0, 0.05) is 22.1 Å². The Hall–Kier alpha value is -3.08. The summed E-state index contributed by atoms with van der Waals surface area (Å²) in [6.45, 7) is 5.01. The molecule has 0 aromatic heterocycles. The molecule has 0 radical (unpaired) electrons. The summed E-state index contributed by atoms with van der Waals surface area (Å²) in [6.07, 6.45) is 0.723. The molecule has 40 heavy (non-hydrogen) atoms. The fourth-order valence-corrected chi connectivity index (χ4v) is 5.95. The highest BCUT2D eigenvalue weighted by atomic mass is 79.9. The van der Waals surface area contributed by atoms with Gasteiger partial charge in [0.2, 0.25) is 11.8 Å². The van der Waals surface area contributed by atoms with Gasteiger partial charge in [0.1, 0.15) is 18.3 Å². The molecular formula is C29H33BrClN3O5S. The number of carbonyl (C=O) groups excluding carboxylic acids is 2. The highest BCUT2D eigenvalue weighted by molar-refractivity contribution is 9.10. The van der Waals surface area contributed by atoms with Crippen LogP contribution in [0.3, 0.4) is 0 Å². The van der Waals surface area contributed by atoms with Gasteiger partial charge in [-0.3, -0.25) is 13.9 Å². The number of hydrogen-bond acceptors (Lipinski definition) is 5. The average Bonchev–Trinajstić information content (AvgIpc) is 2.93. The van der Waals surface area contributed by atoms with Crippen LogP contribution >= 0.6 is 27.5 Å². The van der Waals surface area contributed by atoms with Crippen molar-refractivity contribution in [1.82, 2.24) is 10.2 Å². The van der Waals surface area contributed by atoms with Crippen LogP contribution in [0.1, 0.15) is 32.8 Å². The smallest absolute Gasteiger partial charge is 0.264 e. The van der Waals surface area contributed by atoms with Crippen LogP contribution in [-0.4, -0.2) is 50.9 Å². The number of amides is 2. The number of halogens is 2. The fourth-order valence-electron chi connectivity index (χ4n) is 3.92. The van der Waals surface area contributed by atoms with Crippen molar-refractivity contribution >= 4 is 55.1 Å². The number of nitrogens with zero attached hydrogens (tertiary/aromatic N) is 2. The molecule has 0 heterocycles. The maximum absolute atomic E-state index is 14.0. The molecule has 0 aliphatic rings. The van der Waals surface area contributed by atoms with E-state index in [0.717, 1.165) is 20.8 Å². The molecule has 0 fully saturated rings. The summed E-state index contributed by atoms with van der Waals surface area (Å²) in [7, 11) is -2.72. The van der Waals surface area contributed by atoms with Crippen LogP contribution in [-0.2, 0) is 26.2 Å². The van der Waals surface area contributed by atoms with E-state index in [9.17, 15) is 18.0 Å². The lowest BCUT2D eigenvalue weighted by Gasteiger charge is -2.32. The third-order valence-electron chi connectivity index (χ3n) is 6.43. The van der Waals surface area contributed by atoms with Gasteiger partial charge in [-0.15, -0.1) is 0 Å². The first kappa shape index (κ1) is 31.4. The summed E-state index contributed by atoms with van der Waals surface area (Å²) in [5, 5.41) is 3.23. The van der Waals surface area contributed by atoms with Crippen molar-refractivity contribution < 1.29 is 22.7 Å². The lowest BCUT2D eigenvalue weighted by atomic mass is 10.1. The number of nitrogens with one attached hydrogen (secondary N) is 1. The summed E-state index contributed by atoms with van der Waals surface area (Å²) in [4.78, 5) is 28.4. The fraction of sp³-hybridized carbons (Fsp3) is 0.310. The van der Waals surface area contributed by atoms with Crippen LogP contribution in [0.25, 0.3) is 0 Å². The van der Waals surface area contributed by atoms with Crippen molar-refractivity contribution in [1.29, 1.82) is 0 Å². The Morgan fingerprint density at radius 3 is 2.30 bits per heavy atom. The van der Waals surface area contributed by atoms with Gasteiger partial charge in [-0.25, -0.2) is 8.42 Å². The molecule has 1 N–H and O–H groups in total. The number of hydrogen-bond donors (Lipinski definition) is 1. The summed E-state index contributed by atoms with van der Waals surface area (Å²) in [5.41, 5.74) is 0.994. The monoisotopic (exact) mass is 649 g/mol. The van der Waals surface area contributed by atoms with Gasteiger partial charge in [-0.05, 0) is 80.4 Å². The number of rotatable bonds is 12. The molecule has 3 rings (SSSR count). The molecular weight excluding hydrogens is 618 g/mol. The normalized spacial score (nSPS) is 12.8. The molecule has 0 saturated heterocycles. The third-order valence-corrected chi connectivity index (χ3v) is 8.95. The van der Waals surface area contributed by atoms with E-state index in [1.54, 1.807) is 25.1 Å². The van der Waals surface area contributed by atoms with Crippen molar-refractivity contribution in [2.24, 2.45) is 0 Å². The van der Waals surface area contributed by atoms with Crippen molar-refractivity contribution in [2.75, 3.05) is 18.0 Å². The molecule has 3 aromatic rings. The standard InChI is InChI=1S/C29H33BrClN3O5S/c1-5-20(2)32-29(36)21(3)33(18-22-8-6-9-23(30)16-22)28(35)19-34(25-11-7-10-24(31)17-25)40(37,38)27-14-12-26(39-4)13-15-27/h6-17,20-21H,5,18-19H2,1-4H3,(H,32,36)/t20-,21+/m1/s1. The second kappa shape index (κ2) is 14.0. The van der Waals surface area contributed by atoms with Crippen LogP contribution in [0.5, 0.6) is 5.75 Å². The van der Waals surface area contributed by atoms with E-state index in [1.165, 1.54) is 42.3 Å². The third kappa shape index (κ3) is 7.99. The van der Waals surface area contributed by atoms with E-state index < -0.39 is 28.5 Å². The molecule has 0 spiro atoms. The Bertz CT molecular complexity index is 1440. The minimum Gasteiger partial charge on any atom is -0.497 e. The molecule has 8 nitrogen and oxygen atoms in total. The van der Waals surface area contributed by atoms with Crippen LogP contribution in [0.2, 0.25) is 5.02 Å². The van der Waals surface area contributed by atoms with E-state index in [0.29, 0.717) is 10.8 Å². The first-order chi connectivity index (χ1) is 19.0. The predicted molar refractivity (Wildman–Crippen MR) is 161 cm³/mol. The number of carbonyl (C=O) groups is 2. The number of methoxy groups -OCH3 is 1. The van der Waals surface area contributed by atoms with Gasteiger partial charge in [-0.1, -0.05) is 52.7 Å². The summed E-state index contributed by atoms with van der Waals surface area (Å²) in [5.74, 6) is -0.389. The molecule has 0 aliphatic carbocycles.